The summed E-state index contributed by atoms with van der Waals surface area (Å²) in [6.45, 7) is 8.94. The van der Waals surface area contributed by atoms with Gasteiger partial charge in [-0.05, 0) is 76.3 Å². The third-order valence-electron chi connectivity index (χ3n) is 6.43. The molecule has 1 aliphatic carbocycles. The summed E-state index contributed by atoms with van der Waals surface area (Å²) in [6, 6.07) is 8.35. The van der Waals surface area contributed by atoms with Crippen molar-refractivity contribution in [3.05, 3.63) is 40.3 Å². The minimum atomic E-state index is -0.389. The number of aromatic nitrogens is 3. The Morgan fingerprint density at radius 3 is 2.50 bits per heavy atom. The molecule has 0 aliphatic heterocycles. The summed E-state index contributed by atoms with van der Waals surface area (Å²) in [7, 11) is 1.38. The highest BCUT2D eigenvalue weighted by Gasteiger charge is 2.27. The number of methoxy groups -OCH3 is 1. The summed E-state index contributed by atoms with van der Waals surface area (Å²) in [5.41, 5.74) is 3.72. The number of rotatable bonds is 10. The fraction of sp³-hybridized carbons (Fsp3) is 0.462. The molecule has 1 aliphatic rings. The molecule has 2 aromatic heterocycles. The predicted molar refractivity (Wildman–Crippen MR) is 146 cm³/mol. The number of anilines is 2. The molecule has 192 valence electrons. The monoisotopic (exact) mass is 527 g/mol. The van der Waals surface area contributed by atoms with Crippen molar-refractivity contribution in [3.63, 3.8) is 0 Å². The van der Waals surface area contributed by atoms with Crippen LogP contribution in [0.4, 0.5) is 10.7 Å². The number of esters is 1. The van der Waals surface area contributed by atoms with E-state index in [0.717, 1.165) is 55.7 Å². The van der Waals surface area contributed by atoms with E-state index in [1.165, 1.54) is 40.8 Å². The van der Waals surface area contributed by atoms with Gasteiger partial charge in [0.05, 0.1) is 18.4 Å². The molecular weight excluding hydrogens is 494 g/mol. The SMILES string of the molecule is CCN(CC)c1ccc(-c2nnc(SCC(=O)Nc3sc4c(c3C(=O)OC)CCCC4)n2CC)cc1. The minimum absolute atomic E-state index is 0.169. The molecular formula is C26H33N5O3S2. The average molecular weight is 528 g/mol. The third kappa shape index (κ3) is 5.44. The summed E-state index contributed by atoms with van der Waals surface area (Å²) >= 11 is 2.83. The maximum atomic E-state index is 12.9. The average Bonchev–Trinajstić information content (AvgIpc) is 3.48. The molecule has 0 saturated heterocycles. The van der Waals surface area contributed by atoms with Crippen molar-refractivity contribution in [2.75, 3.05) is 36.2 Å². The number of benzene rings is 1. The Morgan fingerprint density at radius 1 is 1.11 bits per heavy atom. The number of amides is 1. The van der Waals surface area contributed by atoms with Crippen LogP contribution in [-0.4, -0.2) is 52.6 Å². The van der Waals surface area contributed by atoms with E-state index in [1.54, 1.807) is 0 Å². The molecule has 36 heavy (non-hydrogen) atoms. The van der Waals surface area contributed by atoms with Crippen molar-refractivity contribution in [1.82, 2.24) is 14.8 Å². The Kier molecular flexibility index (Phi) is 8.68. The van der Waals surface area contributed by atoms with Crippen LogP contribution in [-0.2, 0) is 28.9 Å². The fourth-order valence-electron chi connectivity index (χ4n) is 4.57. The van der Waals surface area contributed by atoms with Gasteiger partial charge in [-0.15, -0.1) is 21.5 Å². The summed E-state index contributed by atoms with van der Waals surface area (Å²) in [5, 5.41) is 13.0. The van der Waals surface area contributed by atoms with Crippen LogP contribution in [0.15, 0.2) is 29.4 Å². The van der Waals surface area contributed by atoms with Gasteiger partial charge in [-0.2, -0.15) is 0 Å². The van der Waals surface area contributed by atoms with Gasteiger partial charge in [0.25, 0.3) is 0 Å². The van der Waals surface area contributed by atoms with Crippen molar-refractivity contribution >= 4 is 45.7 Å². The second kappa shape index (κ2) is 11.9. The summed E-state index contributed by atoms with van der Waals surface area (Å²) in [5.74, 6) is 0.382. The van der Waals surface area contributed by atoms with E-state index in [-0.39, 0.29) is 17.6 Å². The first-order chi connectivity index (χ1) is 17.5. The Balaban J connectivity index is 1.46. The van der Waals surface area contributed by atoms with Crippen molar-refractivity contribution in [2.45, 2.75) is 58.2 Å². The quantitative estimate of drug-likeness (QED) is 0.284. The smallest absolute Gasteiger partial charge is 0.341 e. The number of fused-ring (bicyclic) bond motifs is 1. The number of hydrogen-bond acceptors (Lipinski definition) is 8. The first kappa shape index (κ1) is 26.2. The Labute approximate surface area is 220 Å². The molecule has 1 aromatic carbocycles. The molecule has 0 spiro atoms. The first-order valence-electron chi connectivity index (χ1n) is 12.4. The van der Waals surface area contributed by atoms with Crippen LogP contribution in [0.25, 0.3) is 11.4 Å². The van der Waals surface area contributed by atoms with E-state index in [4.69, 9.17) is 4.74 Å². The van der Waals surface area contributed by atoms with Crippen LogP contribution in [0.5, 0.6) is 0 Å². The summed E-state index contributed by atoms with van der Waals surface area (Å²) in [4.78, 5) is 28.8. The highest BCUT2D eigenvalue weighted by atomic mass is 32.2. The number of carbonyl (C=O) groups excluding carboxylic acids is 2. The molecule has 10 heteroatoms. The van der Waals surface area contributed by atoms with Crippen molar-refractivity contribution < 1.29 is 14.3 Å². The van der Waals surface area contributed by atoms with Gasteiger partial charge in [0.2, 0.25) is 5.91 Å². The molecule has 8 nitrogen and oxygen atoms in total. The zero-order valence-corrected chi connectivity index (χ0v) is 22.9. The van der Waals surface area contributed by atoms with E-state index < -0.39 is 0 Å². The number of hydrogen-bond donors (Lipinski definition) is 1. The van der Waals surface area contributed by atoms with E-state index in [1.807, 2.05) is 11.5 Å². The van der Waals surface area contributed by atoms with E-state index in [0.29, 0.717) is 22.3 Å². The van der Waals surface area contributed by atoms with Crippen molar-refractivity contribution in [2.24, 2.45) is 0 Å². The third-order valence-corrected chi connectivity index (χ3v) is 8.61. The molecule has 0 saturated carbocycles. The second-order valence-electron chi connectivity index (χ2n) is 8.51. The zero-order chi connectivity index (χ0) is 25.7. The normalized spacial score (nSPS) is 12.8. The maximum Gasteiger partial charge on any atom is 0.341 e. The standard InChI is InChI=1S/C26H33N5O3S2/c1-5-30(6-2)18-14-12-17(13-15-18)23-28-29-26(31(23)7-3)35-16-21(32)27-24-22(25(33)34-4)19-10-8-9-11-20(19)36-24/h12-15H,5-11,16H2,1-4H3,(H,27,32). The number of thioether (sulfide) groups is 1. The number of thiophene rings is 1. The predicted octanol–water partition coefficient (Wildman–Crippen LogP) is 5.27. The highest BCUT2D eigenvalue weighted by molar-refractivity contribution is 7.99. The Bertz CT molecular complexity index is 1220. The number of nitrogens with zero attached hydrogens (tertiary/aromatic N) is 4. The van der Waals surface area contributed by atoms with Crippen LogP contribution in [0.3, 0.4) is 0 Å². The molecule has 0 atom stereocenters. The molecule has 1 N–H and O–H groups in total. The molecule has 3 aromatic rings. The molecule has 2 heterocycles. The number of ether oxygens (including phenoxy) is 1. The van der Waals surface area contributed by atoms with Gasteiger partial charge in [0.15, 0.2) is 11.0 Å². The van der Waals surface area contributed by atoms with Gasteiger partial charge in [-0.3, -0.25) is 4.79 Å². The number of carbonyl (C=O) groups is 2. The molecule has 0 fully saturated rings. The fourth-order valence-corrected chi connectivity index (χ4v) is 6.66. The van der Waals surface area contributed by atoms with E-state index in [2.05, 4.69) is 58.5 Å². The van der Waals surface area contributed by atoms with Gasteiger partial charge >= 0.3 is 5.97 Å². The lowest BCUT2D eigenvalue weighted by atomic mass is 9.95. The largest absolute Gasteiger partial charge is 0.465 e. The lowest BCUT2D eigenvalue weighted by Crippen LogP contribution is -2.21. The lowest BCUT2D eigenvalue weighted by molar-refractivity contribution is -0.113. The summed E-state index contributed by atoms with van der Waals surface area (Å²) in [6.07, 6.45) is 3.93. The van der Waals surface area contributed by atoms with Crippen LogP contribution < -0.4 is 10.2 Å². The van der Waals surface area contributed by atoms with Crippen LogP contribution in [0.1, 0.15) is 54.4 Å². The minimum Gasteiger partial charge on any atom is -0.465 e. The zero-order valence-electron chi connectivity index (χ0n) is 21.3. The first-order valence-corrected chi connectivity index (χ1v) is 14.2. The topological polar surface area (TPSA) is 89.3 Å². The Hall–Kier alpha value is -2.85. The van der Waals surface area contributed by atoms with Gasteiger partial charge in [-0.25, -0.2) is 4.79 Å². The second-order valence-corrected chi connectivity index (χ2v) is 10.6. The number of nitrogens with one attached hydrogen (secondary N) is 1. The lowest BCUT2D eigenvalue weighted by Gasteiger charge is -2.21. The van der Waals surface area contributed by atoms with E-state index >= 15 is 0 Å². The highest BCUT2D eigenvalue weighted by Crippen LogP contribution is 2.38. The molecule has 1 amide bonds. The number of aryl methyl sites for hydroxylation is 1. The molecule has 0 unspecified atom stereocenters. The van der Waals surface area contributed by atoms with Crippen molar-refractivity contribution in [3.8, 4) is 11.4 Å². The molecule has 0 radical (unpaired) electrons. The molecule has 4 rings (SSSR count). The van der Waals surface area contributed by atoms with Crippen LogP contribution in [0.2, 0.25) is 0 Å². The van der Waals surface area contributed by atoms with Gasteiger partial charge in [0, 0.05) is 35.8 Å². The molecule has 0 bridgehead atoms. The van der Waals surface area contributed by atoms with Crippen LogP contribution in [0, 0.1) is 0 Å². The van der Waals surface area contributed by atoms with Gasteiger partial charge < -0.3 is 19.5 Å². The van der Waals surface area contributed by atoms with Gasteiger partial charge in [0.1, 0.15) is 5.00 Å². The maximum absolute atomic E-state index is 12.9. The summed E-state index contributed by atoms with van der Waals surface area (Å²) < 4.78 is 7.03. The van der Waals surface area contributed by atoms with Crippen molar-refractivity contribution in [1.29, 1.82) is 0 Å². The Morgan fingerprint density at radius 2 is 1.83 bits per heavy atom. The van der Waals surface area contributed by atoms with E-state index in [9.17, 15) is 9.59 Å². The van der Waals surface area contributed by atoms with Crippen LogP contribution >= 0.6 is 23.1 Å². The van der Waals surface area contributed by atoms with Gasteiger partial charge in [-0.1, -0.05) is 11.8 Å².